The van der Waals surface area contributed by atoms with E-state index in [-0.39, 0.29) is 46.4 Å². The van der Waals surface area contributed by atoms with Gasteiger partial charge >= 0.3 is 6.09 Å². The Morgan fingerprint density at radius 2 is 1.70 bits per heavy atom. The molecule has 0 spiro atoms. The Labute approximate surface area is 269 Å². The van der Waals surface area contributed by atoms with Crippen LogP contribution in [0.1, 0.15) is 58.4 Å². The summed E-state index contributed by atoms with van der Waals surface area (Å²) < 4.78 is 74.1. The number of likely N-dealkylation sites (tertiary alicyclic amines) is 1. The van der Waals surface area contributed by atoms with Crippen molar-refractivity contribution in [1.29, 1.82) is 0 Å². The number of aromatic nitrogens is 2. The lowest BCUT2D eigenvalue weighted by Gasteiger charge is -2.42. The van der Waals surface area contributed by atoms with Gasteiger partial charge in [0.05, 0.1) is 28.9 Å². The summed E-state index contributed by atoms with van der Waals surface area (Å²) in [5, 5.41) is 6.90. The molecule has 1 saturated carbocycles. The second-order valence-corrected chi connectivity index (χ2v) is 15.1. The standard InChI is InChI=1S/C32H34F3N5O6S/c1-30(2,3)46-29(43)40-24-11-10-23(26(36-4)22(24)17-37-40)38-27(41)25-16-20(33)18-39(25)28(42)31(12-14-32(34,35)15-13-31)19-6-8-21(9-7-19)47(5,44)45/h6-11,17,20,25H,12-16,18H2,1-3,5H3,(H,38,41)/t20-,25-/m1/s1. The SMILES string of the molecule is [C-]#[N+]c1c(NC(=O)[C@H]2C[C@@H](F)CN2C(=O)C2(c3ccc(S(C)(=O)=O)cc3)CCC(F)(F)CC2)ccc2c1cnn2C(=O)OC(C)(C)C. The van der Waals surface area contributed by atoms with E-state index in [0.29, 0.717) is 5.56 Å². The highest BCUT2D eigenvalue weighted by atomic mass is 32.2. The molecule has 5 rings (SSSR count). The molecule has 1 aromatic heterocycles. The lowest BCUT2D eigenvalue weighted by molar-refractivity contribution is -0.146. The van der Waals surface area contributed by atoms with Gasteiger partial charge in [-0.05, 0) is 63.4 Å². The number of benzene rings is 2. The third kappa shape index (κ3) is 6.69. The van der Waals surface area contributed by atoms with Crippen molar-refractivity contribution in [2.75, 3.05) is 18.1 Å². The minimum atomic E-state index is -3.58. The maximum absolute atomic E-state index is 15.0. The first-order chi connectivity index (χ1) is 21.8. The molecule has 2 aromatic carbocycles. The quantitative estimate of drug-likeness (QED) is 0.339. The van der Waals surface area contributed by atoms with Crippen molar-refractivity contribution in [2.24, 2.45) is 0 Å². The summed E-state index contributed by atoms with van der Waals surface area (Å²) in [7, 11) is -3.58. The van der Waals surface area contributed by atoms with E-state index in [2.05, 4.69) is 15.3 Å². The fourth-order valence-electron chi connectivity index (χ4n) is 6.20. The fraction of sp³-hybridized carbons (Fsp3) is 0.469. The highest BCUT2D eigenvalue weighted by Gasteiger charge is 2.53. The zero-order valence-corrected chi connectivity index (χ0v) is 27.0. The molecule has 2 heterocycles. The number of alkyl halides is 3. The van der Waals surface area contributed by atoms with Crippen LogP contribution in [-0.4, -0.2) is 77.5 Å². The predicted octanol–water partition coefficient (Wildman–Crippen LogP) is 5.80. The normalized spacial score (nSPS) is 20.9. The van der Waals surface area contributed by atoms with Crippen LogP contribution in [0.4, 0.5) is 29.3 Å². The van der Waals surface area contributed by atoms with E-state index in [4.69, 9.17) is 11.3 Å². The molecule has 1 saturated heterocycles. The number of fused-ring (bicyclic) bond motifs is 1. The monoisotopic (exact) mass is 673 g/mol. The molecule has 2 amide bonds. The van der Waals surface area contributed by atoms with Crippen LogP contribution >= 0.6 is 0 Å². The fourth-order valence-corrected chi connectivity index (χ4v) is 6.83. The summed E-state index contributed by atoms with van der Waals surface area (Å²) in [6.45, 7) is 12.4. The van der Waals surface area contributed by atoms with Crippen LogP contribution in [0.2, 0.25) is 0 Å². The topological polar surface area (TPSA) is 132 Å². The van der Waals surface area contributed by atoms with Gasteiger partial charge in [0.1, 0.15) is 17.8 Å². The van der Waals surface area contributed by atoms with Crippen LogP contribution < -0.4 is 5.32 Å². The molecule has 0 radical (unpaired) electrons. The van der Waals surface area contributed by atoms with E-state index >= 15 is 0 Å². The van der Waals surface area contributed by atoms with E-state index in [9.17, 15) is 36.0 Å². The Morgan fingerprint density at radius 1 is 1.06 bits per heavy atom. The Bertz CT molecular complexity index is 1890. The molecule has 11 nitrogen and oxygen atoms in total. The van der Waals surface area contributed by atoms with Gasteiger partial charge in [-0.1, -0.05) is 12.1 Å². The third-order valence-electron chi connectivity index (χ3n) is 8.55. The van der Waals surface area contributed by atoms with Gasteiger partial charge in [0.15, 0.2) is 9.84 Å². The van der Waals surface area contributed by atoms with Gasteiger partial charge in [0.25, 0.3) is 0 Å². The van der Waals surface area contributed by atoms with E-state index in [0.717, 1.165) is 15.8 Å². The van der Waals surface area contributed by atoms with Crippen molar-refractivity contribution in [3.8, 4) is 0 Å². The number of hydrogen-bond donors (Lipinski definition) is 1. The van der Waals surface area contributed by atoms with Crippen LogP contribution in [0.3, 0.4) is 0 Å². The van der Waals surface area contributed by atoms with Gasteiger partial charge in [0.2, 0.25) is 23.4 Å². The second-order valence-electron chi connectivity index (χ2n) is 13.1. The number of nitrogens with zero attached hydrogens (tertiary/aromatic N) is 4. The molecule has 3 aromatic rings. The number of sulfone groups is 1. The molecule has 2 fully saturated rings. The van der Waals surface area contributed by atoms with Crippen LogP contribution in [-0.2, 0) is 29.6 Å². The van der Waals surface area contributed by atoms with Crippen LogP contribution in [0, 0.1) is 6.57 Å². The van der Waals surface area contributed by atoms with E-state index in [1.165, 1.54) is 42.6 Å². The number of anilines is 1. The number of amides is 2. The Kier molecular flexibility index (Phi) is 8.63. The molecular weight excluding hydrogens is 639 g/mol. The highest BCUT2D eigenvalue weighted by Crippen LogP contribution is 2.48. The van der Waals surface area contributed by atoms with E-state index in [1.807, 2.05) is 0 Å². The largest absolute Gasteiger partial charge is 0.442 e. The first kappa shape index (κ1) is 33.9. The molecular formula is C32H34F3N5O6S. The lowest BCUT2D eigenvalue weighted by atomic mass is 9.67. The van der Waals surface area contributed by atoms with Crippen molar-refractivity contribution in [3.05, 3.63) is 59.6 Å². The van der Waals surface area contributed by atoms with Gasteiger partial charge < -0.3 is 15.0 Å². The molecule has 1 N–H and O–H groups in total. The number of hydrogen-bond acceptors (Lipinski definition) is 7. The Morgan fingerprint density at radius 3 is 2.28 bits per heavy atom. The summed E-state index contributed by atoms with van der Waals surface area (Å²) in [6.07, 6.45) is -2.25. The number of nitrogens with one attached hydrogen (secondary N) is 1. The summed E-state index contributed by atoms with van der Waals surface area (Å²) in [4.78, 5) is 45.2. The lowest BCUT2D eigenvalue weighted by Crippen LogP contribution is -2.54. The van der Waals surface area contributed by atoms with Gasteiger partial charge in [-0.2, -0.15) is 9.78 Å². The molecule has 250 valence electrons. The minimum absolute atomic E-state index is 0.0172. The average Bonchev–Trinajstić information content (AvgIpc) is 3.60. The molecule has 2 atom stereocenters. The van der Waals surface area contributed by atoms with Crippen LogP contribution in [0.15, 0.2) is 47.5 Å². The first-order valence-corrected chi connectivity index (χ1v) is 16.8. The maximum Gasteiger partial charge on any atom is 0.435 e. The molecule has 0 bridgehead atoms. The van der Waals surface area contributed by atoms with Crippen molar-refractivity contribution >= 4 is 50.0 Å². The molecule has 2 aliphatic rings. The van der Waals surface area contributed by atoms with Crippen molar-refractivity contribution < 1.29 is 40.7 Å². The molecule has 47 heavy (non-hydrogen) atoms. The van der Waals surface area contributed by atoms with Crippen molar-refractivity contribution in [1.82, 2.24) is 14.7 Å². The van der Waals surface area contributed by atoms with Crippen LogP contribution in [0.5, 0.6) is 0 Å². The maximum atomic E-state index is 15.0. The van der Waals surface area contributed by atoms with Crippen molar-refractivity contribution in [3.63, 3.8) is 0 Å². The van der Waals surface area contributed by atoms with E-state index in [1.54, 1.807) is 20.8 Å². The molecule has 0 unspecified atom stereocenters. The zero-order chi connectivity index (χ0) is 34.5. The summed E-state index contributed by atoms with van der Waals surface area (Å²) in [5.41, 5.74) is -1.80. The minimum Gasteiger partial charge on any atom is -0.442 e. The van der Waals surface area contributed by atoms with Crippen LogP contribution in [0.25, 0.3) is 15.7 Å². The number of carbonyl (C=O) groups is 3. The average molecular weight is 674 g/mol. The second kappa shape index (κ2) is 12.0. The summed E-state index contributed by atoms with van der Waals surface area (Å²) in [6, 6.07) is 6.93. The molecule has 15 heteroatoms. The number of rotatable bonds is 5. The van der Waals surface area contributed by atoms with E-state index < -0.39 is 76.3 Å². The molecule has 1 aliphatic heterocycles. The van der Waals surface area contributed by atoms with Gasteiger partial charge in [-0.3, -0.25) is 9.59 Å². The number of halogens is 3. The van der Waals surface area contributed by atoms with Gasteiger partial charge in [0, 0.05) is 42.8 Å². The molecule has 1 aliphatic carbocycles. The zero-order valence-electron chi connectivity index (χ0n) is 26.2. The Hall–Kier alpha value is -4.45. The third-order valence-corrected chi connectivity index (χ3v) is 9.68. The summed E-state index contributed by atoms with van der Waals surface area (Å²) >= 11 is 0. The highest BCUT2D eigenvalue weighted by molar-refractivity contribution is 7.90. The predicted molar refractivity (Wildman–Crippen MR) is 166 cm³/mol. The Balaban J connectivity index is 1.45. The smallest absolute Gasteiger partial charge is 0.435 e. The van der Waals surface area contributed by atoms with Gasteiger partial charge in [-0.25, -0.2) is 31.2 Å². The first-order valence-electron chi connectivity index (χ1n) is 14.9. The number of ether oxygens (including phenoxy) is 1. The summed E-state index contributed by atoms with van der Waals surface area (Å²) in [5.74, 6) is -4.52. The van der Waals surface area contributed by atoms with Crippen molar-refractivity contribution in [2.45, 2.75) is 86.9 Å². The number of carbonyl (C=O) groups excluding carboxylic acids is 3. The van der Waals surface area contributed by atoms with Gasteiger partial charge in [-0.15, -0.1) is 0 Å².